The van der Waals surface area contributed by atoms with Crippen LogP contribution in [0.5, 0.6) is 0 Å². The smallest absolute Gasteiger partial charge is 0.255 e. The summed E-state index contributed by atoms with van der Waals surface area (Å²) >= 11 is 3.43. The summed E-state index contributed by atoms with van der Waals surface area (Å²) in [6, 6.07) is 11.1. The van der Waals surface area contributed by atoms with E-state index in [2.05, 4.69) is 31.2 Å². The first-order valence-electron chi connectivity index (χ1n) is 6.42. The predicted octanol–water partition coefficient (Wildman–Crippen LogP) is 3.95. The van der Waals surface area contributed by atoms with Crippen LogP contribution < -0.4 is 5.32 Å². The van der Waals surface area contributed by atoms with Crippen molar-refractivity contribution in [1.29, 1.82) is 0 Å². The van der Waals surface area contributed by atoms with Crippen molar-refractivity contribution in [2.75, 3.05) is 5.32 Å². The number of nitrogens with zero attached hydrogens (tertiary/aromatic N) is 2. The quantitative estimate of drug-likeness (QED) is 0.767. The second kappa shape index (κ2) is 5.61. The third-order valence-electron chi connectivity index (χ3n) is 3.10. The summed E-state index contributed by atoms with van der Waals surface area (Å²) in [6.45, 7) is 1.98. The van der Waals surface area contributed by atoms with Crippen molar-refractivity contribution in [3.8, 4) is 0 Å². The Bertz CT molecular complexity index is 833. The van der Waals surface area contributed by atoms with Gasteiger partial charge in [0.2, 0.25) is 0 Å². The first kappa shape index (κ1) is 13.7. The van der Waals surface area contributed by atoms with E-state index in [-0.39, 0.29) is 5.91 Å². The van der Waals surface area contributed by atoms with Crippen LogP contribution in [0.4, 0.5) is 5.69 Å². The van der Waals surface area contributed by atoms with Gasteiger partial charge in [-0.1, -0.05) is 6.07 Å². The highest BCUT2D eigenvalue weighted by Crippen LogP contribution is 2.24. The minimum atomic E-state index is -0.172. The van der Waals surface area contributed by atoms with E-state index >= 15 is 0 Å². The molecule has 0 radical (unpaired) electrons. The molecule has 0 aliphatic heterocycles. The van der Waals surface area contributed by atoms with E-state index in [4.69, 9.17) is 0 Å². The molecule has 0 atom stereocenters. The molecular formula is C16H12BrN3O. The topological polar surface area (TPSA) is 54.9 Å². The maximum absolute atomic E-state index is 12.3. The average molecular weight is 342 g/mol. The Kier molecular flexibility index (Phi) is 3.66. The van der Waals surface area contributed by atoms with Crippen LogP contribution in [-0.4, -0.2) is 15.9 Å². The van der Waals surface area contributed by atoms with Gasteiger partial charge >= 0.3 is 0 Å². The SMILES string of the molecule is Cc1ccc(Br)c(NC(=O)c2ccc3nccnc3c2)c1. The molecule has 4 nitrogen and oxygen atoms in total. The zero-order valence-corrected chi connectivity index (χ0v) is 12.9. The highest BCUT2D eigenvalue weighted by atomic mass is 79.9. The maximum Gasteiger partial charge on any atom is 0.255 e. The monoisotopic (exact) mass is 341 g/mol. The molecule has 0 spiro atoms. The normalized spacial score (nSPS) is 10.6. The van der Waals surface area contributed by atoms with Crippen LogP contribution in [-0.2, 0) is 0 Å². The first-order valence-corrected chi connectivity index (χ1v) is 7.21. The molecule has 0 aliphatic rings. The Morgan fingerprint density at radius 2 is 1.81 bits per heavy atom. The standard InChI is InChI=1S/C16H12BrN3O/c1-10-2-4-12(17)14(8-10)20-16(21)11-3-5-13-15(9-11)19-7-6-18-13/h2-9H,1H3,(H,20,21). The van der Waals surface area contributed by atoms with Gasteiger partial charge in [-0.25, -0.2) is 0 Å². The molecule has 3 rings (SSSR count). The molecule has 0 aliphatic carbocycles. The number of anilines is 1. The van der Waals surface area contributed by atoms with E-state index in [1.807, 2.05) is 25.1 Å². The molecule has 0 fully saturated rings. The number of fused-ring (bicyclic) bond motifs is 1. The molecule has 2 aromatic carbocycles. The van der Waals surface area contributed by atoms with Crippen LogP contribution in [0.2, 0.25) is 0 Å². The van der Waals surface area contributed by atoms with Gasteiger partial charge in [-0.2, -0.15) is 0 Å². The van der Waals surface area contributed by atoms with Crippen LogP contribution in [0.25, 0.3) is 11.0 Å². The van der Waals surface area contributed by atoms with Gasteiger partial charge in [-0.05, 0) is 58.7 Å². The van der Waals surface area contributed by atoms with Crippen molar-refractivity contribution >= 4 is 38.6 Å². The third-order valence-corrected chi connectivity index (χ3v) is 3.79. The summed E-state index contributed by atoms with van der Waals surface area (Å²) in [5.41, 5.74) is 3.85. The third kappa shape index (κ3) is 2.92. The summed E-state index contributed by atoms with van der Waals surface area (Å²) in [4.78, 5) is 20.7. The van der Waals surface area contributed by atoms with Gasteiger partial charge in [0.05, 0.1) is 16.7 Å². The summed E-state index contributed by atoms with van der Waals surface area (Å²) in [5.74, 6) is -0.172. The van der Waals surface area contributed by atoms with Gasteiger partial charge in [0.25, 0.3) is 5.91 Å². The van der Waals surface area contributed by atoms with Gasteiger partial charge < -0.3 is 5.32 Å². The molecule has 0 saturated heterocycles. The molecule has 1 heterocycles. The van der Waals surface area contributed by atoms with Crippen molar-refractivity contribution in [3.63, 3.8) is 0 Å². The van der Waals surface area contributed by atoms with Gasteiger partial charge in [-0.3, -0.25) is 14.8 Å². The Morgan fingerprint density at radius 1 is 1.05 bits per heavy atom. The number of hydrogen-bond donors (Lipinski definition) is 1. The van der Waals surface area contributed by atoms with E-state index in [9.17, 15) is 4.79 Å². The second-order valence-electron chi connectivity index (χ2n) is 4.70. The number of halogens is 1. The number of amides is 1. The van der Waals surface area contributed by atoms with Crippen molar-refractivity contribution in [1.82, 2.24) is 9.97 Å². The van der Waals surface area contributed by atoms with Gasteiger partial charge in [0, 0.05) is 22.4 Å². The fourth-order valence-electron chi connectivity index (χ4n) is 2.03. The average Bonchev–Trinajstić information content (AvgIpc) is 2.50. The molecule has 1 aromatic heterocycles. The lowest BCUT2D eigenvalue weighted by Gasteiger charge is -2.08. The minimum Gasteiger partial charge on any atom is -0.321 e. The largest absolute Gasteiger partial charge is 0.321 e. The zero-order chi connectivity index (χ0) is 14.8. The molecule has 1 N–H and O–H groups in total. The first-order chi connectivity index (χ1) is 10.1. The number of hydrogen-bond acceptors (Lipinski definition) is 3. The number of benzene rings is 2. The molecular weight excluding hydrogens is 330 g/mol. The molecule has 1 amide bonds. The van der Waals surface area contributed by atoms with Crippen molar-refractivity contribution in [2.45, 2.75) is 6.92 Å². The Hall–Kier alpha value is -2.27. The Morgan fingerprint density at radius 3 is 2.62 bits per heavy atom. The van der Waals surface area contributed by atoms with E-state index in [1.165, 1.54) is 0 Å². The highest BCUT2D eigenvalue weighted by Gasteiger charge is 2.09. The predicted molar refractivity (Wildman–Crippen MR) is 86.4 cm³/mol. The molecule has 0 bridgehead atoms. The fraction of sp³-hybridized carbons (Fsp3) is 0.0625. The summed E-state index contributed by atoms with van der Waals surface area (Å²) < 4.78 is 0.849. The minimum absolute atomic E-state index is 0.172. The van der Waals surface area contributed by atoms with Crippen LogP contribution in [0.3, 0.4) is 0 Å². The number of nitrogens with one attached hydrogen (secondary N) is 1. The van der Waals surface area contributed by atoms with E-state index in [0.717, 1.165) is 21.2 Å². The van der Waals surface area contributed by atoms with E-state index < -0.39 is 0 Å². The Labute approximate surface area is 130 Å². The van der Waals surface area contributed by atoms with Gasteiger partial charge in [-0.15, -0.1) is 0 Å². The number of rotatable bonds is 2. The maximum atomic E-state index is 12.3. The van der Waals surface area contributed by atoms with E-state index in [1.54, 1.807) is 30.6 Å². The molecule has 21 heavy (non-hydrogen) atoms. The molecule has 0 unspecified atom stereocenters. The lowest BCUT2D eigenvalue weighted by molar-refractivity contribution is 0.102. The van der Waals surface area contributed by atoms with Crippen molar-refractivity contribution in [2.24, 2.45) is 0 Å². The number of aryl methyl sites for hydroxylation is 1. The molecule has 3 aromatic rings. The van der Waals surface area contributed by atoms with Crippen LogP contribution >= 0.6 is 15.9 Å². The molecule has 0 saturated carbocycles. The lowest BCUT2D eigenvalue weighted by atomic mass is 10.1. The molecule has 104 valence electrons. The lowest BCUT2D eigenvalue weighted by Crippen LogP contribution is -2.12. The number of aromatic nitrogens is 2. The van der Waals surface area contributed by atoms with Crippen molar-refractivity contribution < 1.29 is 4.79 Å². The van der Waals surface area contributed by atoms with Gasteiger partial charge in [0.15, 0.2) is 0 Å². The zero-order valence-electron chi connectivity index (χ0n) is 11.3. The van der Waals surface area contributed by atoms with E-state index in [0.29, 0.717) is 11.1 Å². The second-order valence-corrected chi connectivity index (χ2v) is 5.55. The van der Waals surface area contributed by atoms with Crippen LogP contribution in [0.15, 0.2) is 53.3 Å². The van der Waals surface area contributed by atoms with Crippen LogP contribution in [0.1, 0.15) is 15.9 Å². The highest BCUT2D eigenvalue weighted by molar-refractivity contribution is 9.10. The van der Waals surface area contributed by atoms with Gasteiger partial charge in [0.1, 0.15) is 0 Å². The fourth-order valence-corrected chi connectivity index (χ4v) is 2.38. The summed E-state index contributed by atoms with van der Waals surface area (Å²) in [5, 5.41) is 2.90. The number of carbonyl (C=O) groups excluding carboxylic acids is 1. The van der Waals surface area contributed by atoms with Crippen molar-refractivity contribution in [3.05, 3.63) is 64.4 Å². The molecule has 5 heteroatoms. The summed E-state index contributed by atoms with van der Waals surface area (Å²) in [6.07, 6.45) is 3.24. The summed E-state index contributed by atoms with van der Waals surface area (Å²) in [7, 11) is 0. The van der Waals surface area contributed by atoms with Crippen LogP contribution in [0, 0.1) is 6.92 Å². The number of carbonyl (C=O) groups is 1. The Balaban J connectivity index is 1.91.